The van der Waals surface area contributed by atoms with Crippen LogP contribution in [0.3, 0.4) is 0 Å². The molecule has 1 fully saturated rings. The van der Waals surface area contributed by atoms with E-state index in [1.807, 2.05) is 12.1 Å². The molecule has 1 aromatic carbocycles. The molecular weight excluding hydrogens is 300 g/mol. The molecule has 23 heavy (non-hydrogen) atoms. The van der Waals surface area contributed by atoms with Crippen LogP contribution in [-0.2, 0) is 20.9 Å². The fourth-order valence-electron chi connectivity index (χ4n) is 3.17. The highest BCUT2D eigenvalue weighted by atomic mass is 16.5. The Bertz CT molecular complexity index is 660. The average molecular weight is 318 g/mol. The number of rotatable bonds is 4. The van der Waals surface area contributed by atoms with E-state index in [0.717, 1.165) is 5.56 Å². The molecule has 7 nitrogen and oxygen atoms in total. The first-order chi connectivity index (χ1) is 11.0. The summed E-state index contributed by atoms with van der Waals surface area (Å²) in [5.41, 5.74) is 1.49. The van der Waals surface area contributed by atoms with Crippen LogP contribution in [0.25, 0.3) is 0 Å². The van der Waals surface area contributed by atoms with Gasteiger partial charge in [-0.3, -0.25) is 9.59 Å². The van der Waals surface area contributed by atoms with E-state index < -0.39 is 12.0 Å². The van der Waals surface area contributed by atoms with Gasteiger partial charge in [-0.15, -0.1) is 0 Å². The predicted molar refractivity (Wildman–Crippen MR) is 79.7 cm³/mol. The predicted octanol–water partition coefficient (Wildman–Crippen LogP) is 0.343. The van der Waals surface area contributed by atoms with Gasteiger partial charge in [-0.1, -0.05) is 18.2 Å². The van der Waals surface area contributed by atoms with E-state index in [0.29, 0.717) is 12.1 Å². The van der Waals surface area contributed by atoms with Crippen molar-refractivity contribution in [3.05, 3.63) is 35.4 Å². The lowest BCUT2D eigenvalue weighted by Gasteiger charge is -2.24. The van der Waals surface area contributed by atoms with Crippen molar-refractivity contribution in [3.63, 3.8) is 0 Å². The second-order valence-electron chi connectivity index (χ2n) is 5.81. The Balaban J connectivity index is 1.70. The third kappa shape index (κ3) is 2.79. The minimum atomic E-state index is -1.05. The minimum Gasteiger partial charge on any atom is -0.480 e. The maximum Gasteiger partial charge on any atom is 0.326 e. The zero-order valence-corrected chi connectivity index (χ0v) is 12.8. The molecule has 122 valence electrons. The topological polar surface area (TPSA) is 87.2 Å². The number of benzene rings is 1. The number of carbonyl (C=O) groups is 3. The molecule has 0 saturated carbocycles. The lowest BCUT2D eigenvalue weighted by Crippen LogP contribution is -2.45. The summed E-state index contributed by atoms with van der Waals surface area (Å²) in [6, 6.07) is 6.33. The Morgan fingerprint density at radius 1 is 1.35 bits per heavy atom. The van der Waals surface area contributed by atoms with E-state index in [1.54, 1.807) is 12.1 Å². The van der Waals surface area contributed by atoms with Gasteiger partial charge < -0.3 is 19.6 Å². The zero-order valence-electron chi connectivity index (χ0n) is 12.8. The fraction of sp³-hybridized carbons (Fsp3) is 0.438. The van der Waals surface area contributed by atoms with Crippen molar-refractivity contribution < 1.29 is 24.2 Å². The number of carboxylic acid groups (broad SMARTS) is 1. The van der Waals surface area contributed by atoms with Crippen molar-refractivity contribution in [2.45, 2.75) is 25.1 Å². The lowest BCUT2D eigenvalue weighted by atomic mass is 10.1. The number of hydrogen-bond donors (Lipinski definition) is 1. The molecule has 2 aliphatic heterocycles. The molecule has 2 unspecified atom stereocenters. The van der Waals surface area contributed by atoms with Crippen molar-refractivity contribution in [2.24, 2.45) is 0 Å². The molecule has 2 aliphatic rings. The zero-order chi connectivity index (χ0) is 16.6. The number of fused-ring (bicyclic) bond motifs is 1. The molecule has 1 aromatic rings. The molecule has 3 rings (SSSR count). The number of likely N-dealkylation sites (tertiary alicyclic amines) is 1. The molecule has 0 aliphatic carbocycles. The third-order valence-electron chi connectivity index (χ3n) is 4.42. The van der Waals surface area contributed by atoms with Crippen molar-refractivity contribution in [2.75, 3.05) is 20.2 Å². The summed E-state index contributed by atoms with van der Waals surface area (Å²) in [6.45, 7) is 0.495. The summed E-state index contributed by atoms with van der Waals surface area (Å²) in [4.78, 5) is 38.9. The van der Waals surface area contributed by atoms with Crippen molar-refractivity contribution in [3.8, 4) is 0 Å². The maximum atomic E-state index is 12.5. The van der Waals surface area contributed by atoms with Crippen LogP contribution in [-0.4, -0.2) is 65.0 Å². The number of methoxy groups -OCH3 is 1. The van der Waals surface area contributed by atoms with E-state index in [1.165, 1.54) is 16.9 Å². The molecule has 0 radical (unpaired) electrons. The third-order valence-corrected chi connectivity index (χ3v) is 4.42. The van der Waals surface area contributed by atoms with Gasteiger partial charge in [0.15, 0.2) is 0 Å². The van der Waals surface area contributed by atoms with Crippen LogP contribution in [0.15, 0.2) is 24.3 Å². The van der Waals surface area contributed by atoms with Gasteiger partial charge in [0, 0.05) is 32.2 Å². The number of hydrogen-bond acceptors (Lipinski definition) is 4. The molecule has 1 saturated heterocycles. The quantitative estimate of drug-likeness (QED) is 0.865. The smallest absolute Gasteiger partial charge is 0.326 e. The van der Waals surface area contributed by atoms with E-state index >= 15 is 0 Å². The number of nitrogens with zero attached hydrogens (tertiary/aromatic N) is 2. The fourth-order valence-corrected chi connectivity index (χ4v) is 3.17. The van der Waals surface area contributed by atoms with Gasteiger partial charge in [-0.25, -0.2) is 4.79 Å². The SMILES string of the molecule is COC1CC(C(=O)O)N(C(=O)CN2Cc3ccccc3C2=O)C1. The number of aliphatic carboxylic acids is 1. The summed E-state index contributed by atoms with van der Waals surface area (Å²) in [6.07, 6.45) is -0.0160. The highest BCUT2D eigenvalue weighted by Gasteiger charge is 2.41. The van der Waals surface area contributed by atoms with Crippen LogP contribution in [0.4, 0.5) is 0 Å². The summed E-state index contributed by atoms with van der Waals surface area (Å²) in [5, 5.41) is 9.27. The lowest BCUT2D eigenvalue weighted by molar-refractivity contribution is -0.148. The highest BCUT2D eigenvalue weighted by Crippen LogP contribution is 2.24. The van der Waals surface area contributed by atoms with E-state index in [2.05, 4.69) is 0 Å². The Kier molecular flexibility index (Phi) is 4.04. The number of amides is 2. The minimum absolute atomic E-state index is 0.117. The molecule has 0 spiro atoms. The van der Waals surface area contributed by atoms with Gasteiger partial charge in [0.2, 0.25) is 5.91 Å². The first-order valence-corrected chi connectivity index (χ1v) is 7.43. The van der Waals surface area contributed by atoms with Crippen LogP contribution in [0.1, 0.15) is 22.3 Å². The molecule has 0 aromatic heterocycles. The van der Waals surface area contributed by atoms with Gasteiger partial charge >= 0.3 is 5.97 Å². The first-order valence-electron chi connectivity index (χ1n) is 7.43. The Morgan fingerprint density at radius 3 is 2.74 bits per heavy atom. The average Bonchev–Trinajstić information content (AvgIpc) is 3.10. The molecular formula is C16H18N2O5. The number of carboxylic acids is 1. The number of carbonyl (C=O) groups excluding carboxylic acids is 2. The molecule has 7 heteroatoms. The summed E-state index contributed by atoms with van der Waals surface area (Å²) in [7, 11) is 1.50. The Hall–Kier alpha value is -2.41. The van der Waals surface area contributed by atoms with Crippen LogP contribution in [0.2, 0.25) is 0 Å². The molecule has 2 atom stereocenters. The summed E-state index contributed by atoms with van der Waals surface area (Å²) >= 11 is 0. The molecule has 2 heterocycles. The maximum absolute atomic E-state index is 12.5. The van der Waals surface area contributed by atoms with Crippen LogP contribution < -0.4 is 0 Å². The second kappa shape index (κ2) is 6.00. The number of ether oxygens (including phenoxy) is 1. The Labute approximate surface area is 133 Å². The van der Waals surface area contributed by atoms with E-state index in [9.17, 15) is 19.5 Å². The highest BCUT2D eigenvalue weighted by molar-refractivity contribution is 6.00. The standard InChI is InChI=1S/C16H18N2O5/c1-23-11-6-13(16(21)22)18(8-11)14(19)9-17-7-10-4-2-3-5-12(10)15(17)20/h2-5,11,13H,6-9H2,1H3,(H,21,22). The first kappa shape index (κ1) is 15.5. The summed E-state index contributed by atoms with van der Waals surface area (Å²) < 4.78 is 5.18. The van der Waals surface area contributed by atoms with Crippen molar-refractivity contribution in [1.82, 2.24) is 9.80 Å². The van der Waals surface area contributed by atoms with Crippen LogP contribution in [0, 0.1) is 0 Å². The molecule has 1 N–H and O–H groups in total. The van der Waals surface area contributed by atoms with E-state index in [-0.39, 0.29) is 37.4 Å². The summed E-state index contributed by atoms with van der Waals surface area (Å²) in [5.74, 6) is -1.60. The molecule has 2 amide bonds. The van der Waals surface area contributed by atoms with Crippen molar-refractivity contribution in [1.29, 1.82) is 0 Å². The van der Waals surface area contributed by atoms with Gasteiger partial charge in [-0.05, 0) is 11.6 Å². The van der Waals surface area contributed by atoms with Gasteiger partial charge in [0.1, 0.15) is 12.6 Å². The van der Waals surface area contributed by atoms with Gasteiger partial charge in [0.25, 0.3) is 5.91 Å². The van der Waals surface area contributed by atoms with Gasteiger partial charge in [0.05, 0.1) is 6.10 Å². The van der Waals surface area contributed by atoms with Crippen LogP contribution >= 0.6 is 0 Å². The van der Waals surface area contributed by atoms with E-state index in [4.69, 9.17) is 4.74 Å². The normalized spacial score (nSPS) is 23.3. The largest absolute Gasteiger partial charge is 0.480 e. The second-order valence-corrected chi connectivity index (χ2v) is 5.81. The molecule has 0 bridgehead atoms. The monoisotopic (exact) mass is 318 g/mol. The van der Waals surface area contributed by atoms with Crippen LogP contribution in [0.5, 0.6) is 0 Å². The Morgan fingerprint density at radius 2 is 2.09 bits per heavy atom. The van der Waals surface area contributed by atoms with Crippen molar-refractivity contribution >= 4 is 17.8 Å². The van der Waals surface area contributed by atoms with Gasteiger partial charge in [-0.2, -0.15) is 0 Å².